The van der Waals surface area contributed by atoms with Crippen molar-refractivity contribution in [3.8, 4) is 0 Å². The Labute approximate surface area is 113 Å². The number of carboxylic acids is 1. The fraction of sp³-hybridized carbons (Fsp3) is 0.929. The molecule has 0 aromatic rings. The number of hydrogen-bond donors (Lipinski definition) is 2. The second-order valence-electron chi connectivity index (χ2n) is 6.61. The van der Waals surface area contributed by atoms with Crippen LogP contribution in [0.4, 0.5) is 0 Å². The molecule has 0 radical (unpaired) electrons. The van der Waals surface area contributed by atoms with E-state index >= 15 is 0 Å². The number of carboxylic acid groups (broad SMARTS) is 1. The molecular formula is C14H23NO4. The first kappa shape index (κ1) is 13.3. The summed E-state index contributed by atoms with van der Waals surface area (Å²) in [5, 5.41) is 12.9. The quantitative estimate of drug-likeness (QED) is 0.789. The monoisotopic (exact) mass is 269 g/mol. The number of fused-ring (bicyclic) bond motifs is 2. The zero-order valence-corrected chi connectivity index (χ0v) is 11.9. The van der Waals surface area contributed by atoms with Crippen LogP contribution in [0.5, 0.6) is 0 Å². The van der Waals surface area contributed by atoms with Gasteiger partial charge in [0, 0.05) is 13.0 Å². The molecule has 108 valence electrons. The maximum atomic E-state index is 11.3. The first-order valence-corrected chi connectivity index (χ1v) is 7.12. The lowest BCUT2D eigenvalue weighted by molar-refractivity contribution is -0.203. The van der Waals surface area contributed by atoms with E-state index in [1.54, 1.807) is 0 Å². The standard InChI is InChI=1S/C14H23NO4/c1-9(11(16)17)10-8-15-13(3)12(10,2)4-5-14(13)18-6-7-19-14/h9-10,15H,4-8H2,1-3H3,(H,16,17). The molecule has 0 bridgehead atoms. The highest BCUT2D eigenvalue weighted by Crippen LogP contribution is 2.62. The van der Waals surface area contributed by atoms with Crippen LogP contribution in [0.2, 0.25) is 0 Å². The van der Waals surface area contributed by atoms with Gasteiger partial charge in [-0.1, -0.05) is 13.8 Å². The van der Waals surface area contributed by atoms with Gasteiger partial charge < -0.3 is 19.9 Å². The van der Waals surface area contributed by atoms with E-state index in [2.05, 4.69) is 19.2 Å². The van der Waals surface area contributed by atoms with Crippen molar-refractivity contribution < 1.29 is 19.4 Å². The molecular weight excluding hydrogens is 246 g/mol. The Hall–Kier alpha value is -0.650. The van der Waals surface area contributed by atoms with Gasteiger partial charge in [-0.05, 0) is 24.7 Å². The van der Waals surface area contributed by atoms with Gasteiger partial charge in [-0.2, -0.15) is 0 Å². The lowest BCUT2D eigenvalue weighted by Crippen LogP contribution is -2.61. The van der Waals surface area contributed by atoms with Gasteiger partial charge in [0.15, 0.2) is 5.79 Å². The van der Waals surface area contributed by atoms with Crippen LogP contribution in [-0.4, -0.2) is 42.2 Å². The zero-order chi connectivity index (χ0) is 13.9. The van der Waals surface area contributed by atoms with Crippen molar-refractivity contribution >= 4 is 5.97 Å². The molecule has 1 spiro atoms. The van der Waals surface area contributed by atoms with Crippen molar-refractivity contribution in [1.82, 2.24) is 5.32 Å². The van der Waals surface area contributed by atoms with Crippen molar-refractivity contribution in [2.45, 2.75) is 44.9 Å². The summed E-state index contributed by atoms with van der Waals surface area (Å²) in [7, 11) is 0. The number of ether oxygens (including phenoxy) is 2. The fourth-order valence-electron chi connectivity index (χ4n) is 4.58. The average molecular weight is 269 g/mol. The normalized spacial score (nSPS) is 45.5. The molecule has 1 aliphatic carbocycles. The Morgan fingerprint density at radius 2 is 1.95 bits per heavy atom. The third-order valence-corrected chi connectivity index (χ3v) is 6.12. The minimum atomic E-state index is -0.716. The Bertz CT molecular complexity index is 406. The second kappa shape index (κ2) is 3.93. The summed E-state index contributed by atoms with van der Waals surface area (Å²) in [6.45, 7) is 8.12. The predicted octanol–water partition coefficient (Wildman–Crippen LogP) is 1.23. The molecule has 4 unspecified atom stereocenters. The van der Waals surface area contributed by atoms with Gasteiger partial charge in [0.05, 0.1) is 24.7 Å². The minimum absolute atomic E-state index is 0.102. The third-order valence-electron chi connectivity index (χ3n) is 6.12. The summed E-state index contributed by atoms with van der Waals surface area (Å²) in [5.41, 5.74) is -0.403. The molecule has 3 aliphatic rings. The van der Waals surface area contributed by atoms with Crippen LogP contribution < -0.4 is 5.32 Å². The molecule has 0 amide bonds. The van der Waals surface area contributed by atoms with Gasteiger partial charge >= 0.3 is 5.97 Å². The van der Waals surface area contributed by atoms with Gasteiger partial charge in [-0.15, -0.1) is 0 Å². The van der Waals surface area contributed by atoms with Crippen LogP contribution in [0.15, 0.2) is 0 Å². The van der Waals surface area contributed by atoms with Crippen LogP contribution in [-0.2, 0) is 14.3 Å². The van der Waals surface area contributed by atoms with Gasteiger partial charge in [0.2, 0.25) is 0 Å². The molecule has 1 saturated carbocycles. The first-order valence-electron chi connectivity index (χ1n) is 7.12. The van der Waals surface area contributed by atoms with Crippen LogP contribution >= 0.6 is 0 Å². The Morgan fingerprint density at radius 3 is 2.53 bits per heavy atom. The van der Waals surface area contributed by atoms with Crippen molar-refractivity contribution in [2.24, 2.45) is 17.3 Å². The highest BCUT2D eigenvalue weighted by molar-refractivity contribution is 5.70. The summed E-state index contributed by atoms with van der Waals surface area (Å²) in [5.74, 6) is -1.51. The van der Waals surface area contributed by atoms with Gasteiger partial charge in [0.25, 0.3) is 0 Å². The molecule has 2 aliphatic heterocycles. The summed E-state index contributed by atoms with van der Waals surface area (Å²) < 4.78 is 11.9. The van der Waals surface area contributed by atoms with Gasteiger partial charge in [-0.3, -0.25) is 4.79 Å². The van der Waals surface area contributed by atoms with Crippen LogP contribution in [0.25, 0.3) is 0 Å². The van der Waals surface area contributed by atoms with Crippen molar-refractivity contribution in [1.29, 1.82) is 0 Å². The molecule has 3 rings (SSSR count). The van der Waals surface area contributed by atoms with Crippen LogP contribution in [0, 0.1) is 17.3 Å². The number of hydrogen-bond acceptors (Lipinski definition) is 4. The van der Waals surface area contributed by atoms with Gasteiger partial charge in [0.1, 0.15) is 0 Å². The molecule has 2 heterocycles. The lowest BCUT2D eigenvalue weighted by atomic mass is 9.65. The smallest absolute Gasteiger partial charge is 0.306 e. The van der Waals surface area contributed by atoms with E-state index in [4.69, 9.17) is 9.47 Å². The second-order valence-corrected chi connectivity index (χ2v) is 6.61. The van der Waals surface area contributed by atoms with E-state index in [-0.39, 0.29) is 22.8 Å². The number of nitrogens with one attached hydrogen (secondary N) is 1. The molecule has 19 heavy (non-hydrogen) atoms. The zero-order valence-electron chi connectivity index (χ0n) is 11.9. The fourth-order valence-corrected chi connectivity index (χ4v) is 4.58. The van der Waals surface area contributed by atoms with E-state index < -0.39 is 11.8 Å². The molecule has 2 saturated heterocycles. The highest BCUT2D eigenvalue weighted by Gasteiger charge is 2.72. The SMILES string of the molecule is CC(C(=O)O)C1CNC2(C)C3(CCC12C)OCCO3. The summed E-state index contributed by atoms with van der Waals surface area (Å²) >= 11 is 0. The molecule has 3 fully saturated rings. The van der Waals surface area contributed by atoms with Crippen molar-refractivity contribution in [3.63, 3.8) is 0 Å². The molecule has 4 atom stereocenters. The Morgan fingerprint density at radius 1 is 1.32 bits per heavy atom. The highest BCUT2D eigenvalue weighted by atomic mass is 16.7. The topological polar surface area (TPSA) is 67.8 Å². The number of rotatable bonds is 2. The predicted molar refractivity (Wildman–Crippen MR) is 68.7 cm³/mol. The van der Waals surface area contributed by atoms with E-state index in [1.807, 2.05) is 6.92 Å². The maximum absolute atomic E-state index is 11.3. The number of carbonyl (C=O) groups is 1. The molecule has 0 aromatic carbocycles. The average Bonchev–Trinajstić information content (AvgIpc) is 2.98. The van der Waals surface area contributed by atoms with Crippen LogP contribution in [0.1, 0.15) is 33.6 Å². The van der Waals surface area contributed by atoms with Crippen molar-refractivity contribution in [3.05, 3.63) is 0 Å². The van der Waals surface area contributed by atoms with E-state index in [1.165, 1.54) is 0 Å². The lowest BCUT2D eigenvalue weighted by Gasteiger charge is -2.45. The summed E-state index contributed by atoms with van der Waals surface area (Å²) in [6.07, 6.45) is 1.79. The molecule has 0 aromatic heterocycles. The minimum Gasteiger partial charge on any atom is -0.481 e. The van der Waals surface area contributed by atoms with E-state index in [0.29, 0.717) is 13.2 Å². The summed E-state index contributed by atoms with van der Waals surface area (Å²) in [6, 6.07) is 0. The molecule has 5 nitrogen and oxygen atoms in total. The Kier molecular flexibility index (Phi) is 2.76. The first-order chi connectivity index (χ1) is 8.86. The molecule has 2 N–H and O–H groups in total. The van der Waals surface area contributed by atoms with Crippen LogP contribution in [0.3, 0.4) is 0 Å². The Balaban J connectivity index is 1.96. The maximum Gasteiger partial charge on any atom is 0.306 e. The van der Waals surface area contributed by atoms with Gasteiger partial charge in [-0.25, -0.2) is 0 Å². The van der Waals surface area contributed by atoms with Crippen molar-refractivity contribution in [2.75, 3.05) is 19.8 Å². The molecule has 5 heteroatoms. The van der Waals surface area contributed by atoms with E-state index in [9.17, 15) is 9.90 Å². The number of aliphatic carboxylic acids is 1. The summed E-state index contributed by atoms with van der Waals surface area (Å²) in [4.78, 5) is 11.3. The third kappa shape index (κ3) is 1.44. The largest absolute Gasteiger partial charge is 0.481 e. The van der Waals surface area contributed by atoms with E-state index in [0.717, 1.165) is 19.4 Å².